The smallest absolute Gasteiger partial charge is 0.331 e. The van der Waals surface area contributed by atoms with E-state index < -0.39 is 18.0 Å². The summed E-state index contributed by atoms with van der Waals surface area (Å²) in [6, 6.07) is 12.4. The second-order valence-electron chi connectivity index (χ2n) is 5.59. The van der Waals surface area contributed by atoms with E-state index in [-0.39, 0.29) is 0 Å². The van der Waals surface area contributed by atoms with Crippen LogP contribution in [-0.2, 0) is 14.3 Å². The van der Waals surface area contributed by atoms with Crippen LogP contribution in [0.5, 0.6) is 5.75 Å². The second-order valence-corrected chi connectivity index (χ2v) is 5.99. The molecular formula is C20H20ClNO4. The van der Waals surface area contributed by atoms with E-state index in [2.05, 4.69) is 5.32 Å². The van der Waals surface area contributed by atoms with Gasteiger partial charge in [0.05, 0.1) is 7.11 Å². The van der Waals surface area contributed by atoms with E-state index in [4.69, 9.17) is 21.1 Å². The molecule has 2 rings (SSSR count). The minimum Gasteiger partial charge on any atom is -0.497 e. The molecule has 0 unspecified atom stereocenters. The maximum absolute atomic E-state index is 12.2. The zero-order chi connectivity index (χ0) is 19.1. The number of anilines is 1. The quantitative estimate of drug-likeness (QED) is 0.607. The van der Waals surface area contributed by atoms with Crippen molar-refractivity contribution in [2.24, 2.45) is 0 Å². The molecule has 0 aliphatic rings. The first-order valence-electron chi connectivity index (χ1n) is 7.99. The number of hydrogen-bond acceptors (Lipinski definition) is 4. The first-order valence-corrected chi connectivity index (χ1v) is 8.37. The Labute approximate surface area is 157 Å². The molecule has 2 aromatic rings. The zero-order valence-electron chi connectivity index (χ0n) is 14.8. The number of benzene rings is 2. The van der Waals surface area contributed by atoms with Crippen molar-refractivity contribution in [3.8, 4) is 5.75 Å². The van der Waals surface area contributed by atoms with Gasteiger partial charge in [-0.25, -0.2) is 4.79 Å². The molecule has 136 valence electrons. The fraction of sp³-hybridized carbons (Fsp3) is 0.200. The van der Waals surface area contributed by atoms with Gasteiger partial charge in [-0.3, -0.25) is 4.79 Å². The Morgan fingerprint density at radius 2 is 1.85 bits per heavy atom. The molecular weight excluding hydrogens is 354 g/mol. The summed E-state index contributed by atoms with van der Waals surface area (Å²) in [6.45, 7) is 3.31. The highest BCUT2D eigenvalue weighted by Gasteiger charge is 2.17. The summed E-state index contributed by atoms with van der Waals surface area (Å²) in [6.07, 6.45) is 1.94. The highest BCUT2D eigenvalue weighted by atomic mass is 35.5. The van der Waals surface area contributed by atoms with Crippen molar-refractivity contribution in [2.75, 3.05) is 12.4 Å². The second kappa shape index (κ2) is 9.06. The number of nitrogens with one attached hydrogen (secondary N) is 1. The maximum Gasteiger partial charge on any atom is 0.331 e. The van der Waals surface area contributed by atoms with Crippen molar-refractivity contribution in [1.82, 2.24) is 0 Å². The van der Waals surface area contributed by atoms with Crippen LogP contribution in [0.4, 0.5) is 5.69 Å². The molecule has 5 nitrogen and oxygen atoms in total. The molecule has 1 atom stereocenters. The summed E-state index contributed by atoms with van der Waals surface area (Å²) in [5.74, 6) is -0.306. The van der Waals surface area contributed by atoms with Gasteiger partial charge < -0.3 is 14.8 Å². The number of methoxy groups -OCH3 is 1. The Morgan fingerprint density at radius 3 is 2.50 bits per heavy atom. The van der Waals surface area contributed by atoms with Crippen LogP contribution in [0.3, 0.4) is 0 Å². The lowest BCUT2D eigenvalue weighted by molar-refractivity contribution is -0.148. The molecule has 6 heteroatoms. The van der Waals surface area contributed by atoms with Crippen LogP contribution in [0.15, 0.2) is 48.5 Å². The lowest BCUT2D eigenvalue weighted by atomic mass is 10.2. The first-order chi connectivity index (χ1) is 12.4. The van der Waals surface area contributed by atoms with Crippen molar-refractivity contribution in [1.29, 1.82) is 0 Å². The van der Waals surface area contributed by atoms with Crippen molar-refractivity contribution < 1.29 is 19.1 Å². The van der Waals surface area contributed by atoms with Gasteiger partial charge in [-0.1, -0.05) is 29.8 Å². The van der Waals surface area contributed by atoms with Gasteiger partial charge in [0.2, 0.25) is 0 Å². The third kappa shape index (κ3) is 5.36. The summed E-state index contributed by atoms with van der Waals surface area (Å²) in [5, 5.41) is 3.25. The molecule has 2 aromatic carbocycles. The molecule has 1 amide bonds. The Kier molecular flexibility index (Phi) is 6.81. The standard InChI is InChI=1S/C20H20ClNO4/c1-13-17(21)5-4-6-18(13)22-20(24)14(2)26-19(23)12-9-15-7-10-16(25-3)11-8-15/h4-12,14H,1-3H3,(H,22,24)/b12-9+/t14-/m1/s1. The average molecular weight is 374 g/mol. The Bertz CT molecular complexity index is 815. The Hall–Kier alpha value is -2.79. The van der Waals surface area contributed by atoms with Crippen molar-refractivity contribution in [3.05, 3.63) is 64.7 Å². The largest absolute Gasteiger partial charge is 0.497 e. The minimum atomic E-state index is -0.943. The number of amides is 1. The van der Waals surface area contributed by atoms with Gasteiger partial charge >= 0.3 is 5.97 Å². The predicted octanol–water partition coefficient (Wildman–Crippen LogP) is 4.24. The highest BCUT2D eigenvalue weighted by Crippen LogP contribution is 2.23. The molecule has 0 radical (unpaired) electrons. The highest BCUT2D eigenvalue weighted by molar-refractivity contribution is 6.31. The summed E-state index contributed by atoms with van der Waals surface area (Å²) in [5.41, 5.74) is 2.15. The lowest BCUT2D eigenvalue weighted by Crippen LogP contribution is -2.29. The summed E-state index contributed by atoms with van der Waals surface area (Å²) >= 11 is 6.03. The molecule has 0 aliphatic heterocycles. The fourth-order valence-electron chi connectivity index (χ4n) is 2.12. The van der Waals surface area contributed by atoms with Gasteiger partial charge in [-0.05, 0) is 55.3 Å². The van der Waals surface area contributed by atoms with Gasteiger partial charge in [0, 0.05) is 16.8 Å². The molecule has 0 spiro atoms. The van der Waals surface area contributed by atoms with E-state index in [1.807, 2.05) is 0 Å². The van der Waals surface area contributed by atoms with Gasteiger partial charge in [0.25, 0.3) is 5.91 Å². The van der Waals surface area contributed by atoms with Crippen LogP contribution in [0.1, 0.15) is 18.1 Å². The van der Waals surface area contributed by atoms with Crippen LogP contribution in [0, 0.1) is 6.92 Å². The third-order valence-electron chi connectivity index (χ3n) is 3.72. The molecule has 0 bridgehead atoms. The van der Waals surface area contributed by atoms with Crippen LogP contribution in [-0.4, -0.2) is 25.1 Å². The summed E-state index contributed by atoms with van der Waals surface area (Å²) in [4.78, 5) is 24.1. The molecule has 0 aromatic heterocycles. The monoisotopic (exact) mass is 373 g/mol. The Morgan fingerprint density at radius 1 is 1.15 bits per heavy atom. The molecule has 26 heavy (non-hydrogen) atoms. The third-order valence-corrected chi connectivity index (χ3v) is 4.12. The van der Waals surface area contributed by atoms with Gasteiger partial charge in [-0.2, -0.15) is 0 Å². The average Bonchev–Trinajstić information content (AvgIpc) is 2.64. The lowest BCUT2D eigenvalue weighted by Gasteiger charge is -2.14. The van der Waals surface area contributed by atoms with E-state index in [0.717, 1.165) is 16.9 Å². The topological polar surface area (TPSA) is 64.6 Å². The van der Waals surface area contributed by atoms with Gasteiger partial charge in [0.15, 0.2) is 6.10 Å². The van der Waals surface area contributed by atoms with Crippen molar-refractivity contribution in [3.63, 3.8) is 0 Å². The van der Waals surface area contributed by atoms with E-state index in [1.165, 1.54) is 13.0 Å². The number of rotatable bonds is 6. The SMILES string of the molecule is COc1ccc(/C=C/C(=O)O[C@H](C)C(=O)Nc2cccc(Cl)c2C)cc1. The van der Waals surface area contributed by atoms with Crippen LogP contribution < -0.4 is 10.1 Å². The number of carbonyl (C=O) groups is 2. The first kappa shape index (κ1) is 19.5. The normalized spacial score (nSPS) is 11.8. The predicted molar refractivity (Wildman–Crippen MR) is 102 cm³/mol. The Balaban J connectivity index is 1.91. The van der Waals surface area contributed by atoms with Crippen molar-refractivity contribution in [2.45, 2.75) is 20.0 Å². The minimum absolute atomic E-state index is 0.429. The van der Waals surface area contributed by atoms with E-state index in [1.54, 1.807) is 62.6 Å². The van der Waals surface area contributed by atoms with Crippen LogP contribution in [0.25, 0.3) is 6.08 Å². The number of ether oxygens (including phenoxy) is 2. The van der Waals surface area contributed by atoms with Crippen LogP contribution >= 0.6 is 11.6 Å². The molecule has 1 N–H and O–H groups in total. The molecule has 0 fully saturated rings. The number of carbonyl (C=O) groups excluding carboxylic acids is 2. The molecule has 0 saturated heterocycles. The molecule has 0 aliphatic carbocycles. The van der Waals surface area contributed by atoms with Gasteiger partial charge in [-0.15, -0.1) is 0 Å². The fourth-order valence-corrected chi connectivity index (χ4v) is 2.30. The van der Waals surface area contributed by atoms with Crippen molar-refractivity contribution >= 4 is 35.2 Å². The molecule has 0 saturated carbocycles. The van der Waals surface area contributed by atoms with E-state index in [0.29, 0.717) is 10.7 Å². The number of esters is 1. The van der Waals surface area contributed by atoms with Gasteiger partial charge in [0.1, 0.15) is 5.75 Å². The number of halogens is 1. The number of hydrogen-bond donors (Lipinski definition) is 1. The summed E-state index contributed by atoms with van der Waals surface area (Å²) in [7, 11) is 1.58. The summed E-state index contributed by atoms with van der Waals surface area (Å²) < 4.78 is 10.2. The molecule has 0 heterocycles. The van der Waals surface area contributed by atoms with E-state index in [9.17, 15) is 9.59 Å². The van der Waals surface area contributed by atoms with E-state index >= 15 is 0 Å². The zero-order valence-corrected chi connectivity index (χ0v) is 15.5. The maximum atomic E-state index is 12.2. The van der Waals surface area contributed by atoms with Crippen LogP contribution in [0.2, 0.25) is 5.02 Å².